The smallest absolute Gasteiger partial charge is 0.261 e. The van der Waals surface area contributed by atoms with Crippen LogP contribution in [-0.4, -0.2) is 14.5 Å². The number of ether oxygens (including phenoxy) is 1. The lowest BCUT2D eigenvalue weighted by Gasteiger charge is -2.12. The number of nitrogen functional groups attached to an aromatic ring is 1. The number of fused-ring (bicyclic) bond motifs is 1. The van der Waals surface area contributed by atoms with Crippen molar-refractivity contribution in [1.82, 2.24) is 14.5 Å². The molecule has 2 aromatic carbocycles. The molecule has 5 rings (SSSR count). The number of nitrogens with two attached hydrogens (primary N) is 1. The van der Waals surface area contributed by atoms with E-state index in [1.165, 1.54) is 23.1 Å². The second-order valence-corrected chi connectivity index (χ2v) is 7.89. The second kappa shape index (κ2) is 8.82. The number of anilines is 1. The monoisotopic (exact) mass is 456 g/mol. The third-order valence-corrected chi connectivity index (χ3v) is 5.68. The molecule has 0 fully saturated rings. The molecular formula is C26H21FN4O3. The first-order chi connectivity index (χ1) is 16.5. The molecule has 0 radical (unpaired) electrons. The number of furan rings is 1. The lowest BCUT2D eigenvalue weighted by molar-refractivity contribution is 0.300. The average molecular weight is 456 g/mol. The molecule has 7 nitrogen and oxygen atoms in total. The maximum atomic E-state index is 14.9. The molecule has 5 aromatic rings. The van der Waals surface area contributed by atoms with E-state index in [1.54, 1.807) is 31.4 Å². The Morgan fingerprint density at radius 2 is 1.91 bits per heavy atom. The summed E-state index contributed by atoms with van der Waals surface area (Å²) in [7, 11) is 1.67. The molecule has 0 bridgehead atoms. The Morgan fingerprint density at radius 1 is 1.09 bits per heavy atom. The zero-order valence-corrected chi connectivity index (χ0v) is 18.4. The van der Waals surface area contributed by atoms with Gasteiger partial charge in [-0.05, 0) is 23.3 Å². The van der Waals surface area contributed by atoms with Gasteiger partial charge in [0.2, 0.25) is 5.75 Å². The van der Waals surface area contributed by atoms with E-state index in [4.69, 9.17) is 14.9 Å². The van der Waals surface area contributed by atoms with Gasteiger partial charge < -0.3 is 14.9 Å². The fourth-order valence-electron chi connectivity index (χ4n) is 3.76. The zero-order chi connectivity index (χ0) is 23.7. The van der Waals surface area contributed by atoms with Gasteiger partial charge in [-0.3, -0.25) is 9.36 Å². The number of nitrogens with zero attached hydrogens (tertiary/aromatic N) is 3. The number of halogens is 1. The molecule has 8 heteroatoms. The zero-order valence-electron chi connectivity index (χ0n) is 18.4. The molecule has 3 aromatic heterocycles. The number of hydrogen-bond donors (Lipinski definition) is 1. The molecular weight excluding hydrogens is 435 g/mol. The van der Waals surface area contributed by atoms with Gasteiger partial charge in [0.05, 0.1) is 11.8 Å². The summed E-state index contributed by atoms with van der Waals surface area (Å²) >= 11 is 0. The van der Waals surface area contributed by atoms with Crippen LogP contribution in [0.25, 0.3) is 22.1 Å². The second-order valence-electron chi connectivity index (χ2n) is 7.89. The van der Waals surface area contributed by atoms with Gasteiger partial charge >= 0.3 is 0 Å². The van der Waals surface area contributed by atoms with Crippen LogP contribution in [0.1, 0.15) is 17.0 Å². The van der Waals surface area contributed by atoms with E-state index in [-0.39, 0.29) is 23.7 Å². The van der Waals surface area contributed by atoms with E-state index in [2.05, 4.69) is 9.97 Å². The first kappa shape index (κ1) is 21.4. The SMILES string of the molecule is Cn1c(Cc2ccccc2)ncc(-c2ccc(COc3c(N)ncc4ccoc34)c(F)c2)c1=O. The highest BCUT2D eigenvalue weighted by molar-refractivity contribution is 5.86. The van der Waals surface area contributed by atoms with E-state index >= 15 is 0 Å². The van der Waals surface area contributed by atoms with Gasteiger partial charge in [0.25, 0.3) is 5.56 Å². The summed E-state index contributed by atoms with van der Waals surface area (Å²) in [6, 6.07) is 16.1. The van der Waals surface area contributed by atoms with E-state index in [0.29, 0.717) is 34.5 Å². The summed E-state index contributed by atoms with van der Waals surface area (Å²) in [6.07, 6.45) is 5.11. The van der Waals surface area contributed by atoms with Gasteiger partial charge in [0, 0.05) is 36.8 Å². The van der Waals surface area contributed by atoms with E-state index in [0.717, 1.165) is 10.9 Å². The molecule has 0 spiro atoms. The third kappa shape index (κ3) is 4.01. The van der Waals surface area contributed by atoms with Gasteiger partial charge in [-0.2, -0.15) is 0 Å². The van der Waals surface area contributed by atoms with Gasteiger partial charge in [-0.15, -0.1) is 0 Å². The highest BCUT2D eigenvalue weighted by Crippen LogP contribution is 2.31. The first-order valence-corrected chi connectivity index (χ1v) is 10.6. The minimum absolute atomic E-state index is 0.0793. The number of pyridine rings is 1. The first-order valence-electron chi connectivity index (χ1n) is 10.6. The summed E-state index contributed by atoms with van der Waals surface area (Å²) in [5, 5.41) is 0.735. The third-order valence-electron chi connectivity index (χ3n) is 5.68. The van der Waals surface area contributed by atoms with Gasteiger partial charge in [0.1, 0.15) is 18.2 Å². The maximum Gasteiger partial charge on any atom is 0.261 e. The van der Waals surface area contributed by atoms with Crippen LogP contribution in [0.3, 0.4) is 0 Å². The predicted molar refractivity (Wildman–Crippen MR) is 127 cm³/mol. The van der Waals surface area contributed by atoms with Crippen LogP contribution in [0.4, 0.5) is 10.2 Å². The van der Waals surface area contributed by atoms with Crippen molar-refractivity contribution in [3.05, 3.63) is 106 Å². The number of hydrogen-bond acceptors (Lipinski definition) is 6. The molecule has 0 saturated heterocycles. The van der Waals surface area contributed by atoms with Crippen molar-refractivity contribution in [1.29, 1.82) is 0 Å². The highest BCUT2D eigenvalue weighted by Gasteiger charge is 2.15. The molecule has 2 N–H and O–H groups in total. The molecule has 0 unspecified atom stereocenters. The summed E-state index contributed by atoms with van der Waals surface area (Å²) in [5.41, 5.74) is 8.23. The van der Waals surface area contributed by atoms with E-state index in [9.17, 15) is 9.18 Å². The minimum atomic E-state index is -0.508. The van der Waals surface area contributed by atoms with Crippen molar-refractivity contribution < 1.29 is 13.5 Å². The van der Waals surface area contributed by atoms with Gasteiger partial charge in [-0.1, -0.05) is 42.5 Å². The van der Waals surface area contributed by atoms with E-state index in [1.807, 2.05) is 30.3 Å². The lowest BCUT2D eigenvalue weighted by Crippen LogP contribution is -2.23. The Morgan fingerprint density at radius 3 is 2.71 bits per heavy atom. The van der Waals surface area contributed by atoms with Crippen molar-refractivity contribution in [2.45, 2.75) is 13.0 Å². The number of rotatable bonds is 6. The topological polar surface area (TPSA) is 96.2 Å². The van der Waals surface area contributed by atoms with Crippen molar-refractivity contribution in [3.8, 4) is 16.9 Å². The Balaban J connectivity index is 1.38. The van der Waals surface area contributed by atoms with E-state index < -0.39 is 5.82 Å². The maximum absolute atomic E-state index is 14.9. The van der Waals surface area contributed by atoms with Crippen LogP contribution in [-0.2, 0) is 20.1 Å². The average Bonchev–Trinajstić information content (AvgIpc) is 3.32. The Bertz CT molecular complexity index is 1540. The molecule has 170 valence electrons. The van der Waals surface area contributed by atoms with Crippen LogP contribution in [0.15, 0.2) is 82.5 Å². The molecule has 0 aliphatic carbocycles. The Labute approximate surface area is 194 Å². The van der Waals surface area contributed by atoms with Crippen LogP contribution in [0.5, 0.6) is 5.75 Å². The van der Waals surface area contributed by atoms with Crippen LogP contribution < -0.4 is 16.0 Å². The Kier molecular flexibility index (Phi) is 5.55. The minimum Gasteiger partial charge on any atom is -0.481 e. The molecule has 0 aliphatic rings. The van der Waals surface area contributed by atoms with Crippen molar-refractivity contribution in [2.75, 3.05) is 5.73 Å². The number of aromatic nitrogens is 3. The predicted octanol–water partition coefficient (Wildman–Crippen LogP) is 4.48. The van der Waals surface area contributed by atoms with Crippen LogP contribution in [0.2, 0.25) is 0 Å². The fraction of sp³-hybridized carbons (Fsp3) is 0.115. The van der Waals surface area contributed by atoms with Crippen LogP contribution >= 0.6 is 0 Å². The molecule has 3 heterocycles. The fourth-order valence-corrected chi connectivity index (χ4v) is 3.76. The quantitative estimate of drug-likeness (QED) is 0.405. The standard InChI is InChI=1S/C26H21FN4O3/c1-31-22(11-16-5-3-2-4-6-16)29-14-20(26(31)32)17-7-8-19(21(27)12-17)15-34-24-23-18(9-10-33-23)13-30-25(24)28/h2-10,12-14H,11,15H2,1H3,(H2,28,30). The summed E-state index contributed by atoms with van der Waals surface area (Å²) < 4.78 is 27.6. The molecule has 0 amide bonds. The Hall–Kier alpha value is -4.46. The van der Waals surface area contributed by atoms with Crippen molar-refractivity contribution in [2.24, 2.45) is 7.05 Å². The van der Waals surface area contributed by atoms with Crippen molar-refractivity contribution >= 4 is 16.8 Å². The van der Waals surface area contributed by atoms with Crippen LogP contribution in [0, 0.1) is 5.82 Å². The van der Waals surface area contributed by atoms with Crippen molar-refractivity contribution in [3.63, 3.8) is 0 Å². The summed E-state index contributed by atoms with van der Waals surface area (Å²) in [4.78, 5) is 21.5. The summed E-state index contributed by atoms with van der Waals surface area (Å²) in [6.45, 7) is -0.0793. The highest BCUT2D eigenvalue weighted by atomic mass is 19.1. The van der Waals surface area contributed by atoms with Gasteiger partial charge in [0.15, 0.2) is 11.4 Å². The molecule has 0 aliphatic heterocycles. The lowest BCUT2D eigenvalue weighted by atomic mass is 10.1. The molecule has 34 heavy (non-hydrogen) atoms. The normalized spacial score (nSPS) is 11.1. The summed E-state index contributed by atoms with van der Waals surface area (Å²) in [5.74, 6) is 0.539. The molecule has 0 saturated carbocycles. The number of benzene rings is 2. The molecule has 0 atom stereocenters. The largest absolute Gasteiger partial charge is 0.481 e. The van der Waals surface area contributed by atoms with Gasteiger partial charge in [-0.25, -0.2) is 14.4 Å².